The lowest BCUT2D eigenvalue weighted by Crippen LogP contribution is -2.64. The van der Waals surface area contributed by atoms with Crippen molar-refractivity contribution in [1.29, 1.82) is 0 Å². The van der Waals surface area contributed by atoms with Gasteiger partial charge in [-0.05, 0) is 6.92 Å². The molecule has 0 aromatic heterocycles. The molecule has 194 valence electrons. The van der Waals surface area contributed by atoms with Crippen LogP contribution in [0.25, 0.3) is 0 Å². The maximum Gasteiger partial charge on any atom is 0.187 e. The summed E-state index contributed by atoms with van der Waals surface area (Å²) in [4.78, 5) is 0. The number of aliphatic hydroxyl groups excluding tert-OH is 10. The Morgan fingerprint density at radius 3 is 1.76 bits per heavy atom. The van der Waals surface area contributed by atoms with Gasteiger partial charge in [-0.15, -0.1) is 0 Å². The van der Waals surface area contributed by atoms with E-state index in [0.29, 0.717) is 0 Å². The molecular weight excluding hydrogens is 456 g/mol. The summed E-state index contributed by atoms with van der Waals surface area (Å²) in [6, 6.07) is 0. The van der Waals surface area contributed by atoms with Crippen molar-refractivity contribution in [3.05, 3.63) is 0 Å². The van der Waals surface area contributed by atoms with Crippen LogP contribution in [0.1, 0.15) is 6.92 Å². The summed E-state index contributed by atoms with van der Waals surface area (Å²) in [5.41, 5.74) is 0. The van der Waals surface area contributed by atoms with Crippen molar-refractivity contribution in [2.75, 3.05) is 13.2 Å². The largest absolute Gasteiger partial charge is 0.394 e. The summed E-state index contributed by atoms with van der Waals surface area (Å²) >= 11 is 0. The highest BCUT2D eigenvalue weighted by atomic mass is 16.7. The van der Waals surface area contributed by atoms with Crippen LogP contribution in [-0.4, -0.2) is 156 Å². The number of ether oxygens (including phenoxy) is 5. The summed E-state index contributed by atoms with van der Waals surface area (Å²) in [5, 5.41) is 99.6. The van der Waals surface area contributed by atoms with Gasteiger partial charge in [0.2, 0.25) is 0 Å². The van der Waals surface area contributed by atoms with Crippen LogP contribution in [0.5, 0.6) is 0 Å². The second-order valence-corrected chi connectivity index (χ2v) is 8.36. The fourth-order valence-corrected chi connectivity index (χ4v) is 3.89. The molecule has 15 atom stereocenters. The van der Waals surface area contributed by atoms with Crippen molar-refractivity contribution in [3.8, 4) is 0 Å². The summed E-state index contributed by atoms with van der Waals surface area (Å²) < 4.78 is 26.3. The van der Waals surface area contributed by atoms with Crippen LogP contribution in [0.2, 0.25) is 0 Å². The van der Waals surface area contributed by atoms with Crippen LogP contribution in [0.3, 0.4) is 0 Å². The second kappa shape index (κ2) is 11.0. The van der Waals surface area contributed by atoms with E-state index in [4.69, 9.17) is 23.7 Å². The molecule has 3 aliphatic rings. The van der Waals surface area contributed by atoms with Crippen LogP contribution < -0.4 is 0 Å². The fourth-order valence-electron chi connectivity index (χ4n) is 3.89. The molecule has 0 aromatic rings. The minimum absolute atomic E-state index is 0.578. The zero-order chi connectivity index (χ0) is 24.6. The minimum atomic E-state index is -1.82. The van der Waals surface area contributed by atoms with Gasteiger partial charge in [0.15, 0.2) is 18.9 Å². The minimum Gasteiger partial charge on any atom is -0.394 e. The van der Waals surface area contributed by atoms with Gasteiger partial charge in [-0.2, -0.15) is 0 Å². The lowest BCUT2D eigenvalue weighted by Gasteiger charge is -2.45. The highest BCUT2D eigenvalue weighted by Gasteiger charge is 2.50. The quantitative estimate of drug-likeness (QED) is 0.167. The summed E-state index contributed by atoms with van der Waals surface area (Å²) in [6.45, 7) is 0.142. The average molecular weight is 488 g/mol. The van der Waals surface area contributed by atoms with Gasteiger partial charge in [-0.25, -0.2) is 0 Å². The van der Waals surface area contributed by atoms with Gasteiger partial charge in [-0.1, -0.05) is 0 Å². The second-order valence-electron chi connectivity index (χ2n) is 8.36. The molecule has 3 saturated heterocycles. The maximum absolute atomic E-state index is 10.2. The molecule has 15 nitrogen and oxygen atoms in total. The van der Waals surface area contributed by atoms with Crippen LogP contribution in [-0.2, 0) is 23.7 Å². The fraction of sp³-hybridized carbons (Fsp3) is 1.00. The standard InChI is InChI=1S/C18H32O15/c1-4-7(20)15(14(27)16(28)30-4)33-18-13(26)11(24)9(22)6(32-18)3-29-17-12(25)10(23)8(21)5(2-19)31-17/h4-28H,2-3H2,1H3/t4-,5-,6-,7+,8-,9-,10+,11+,12-,13-,14-,15+,16?,17?,18+/m1/s1. The Bertz CT molecular complexity index is 610. The summed E-state index contributed by atoms with van der Waals surface area (Å²) in [5.74, 6) is 0. The monoisotopic (exact) mass is 488 g/mol. The number of hydrogen-bond acceptors (Lipinski definition) is 15. The Labute approximate surface area is 187 Å². The van der Waals surface area contributed by atoms with Crippen LogP contribution in [0.15, 0.2) is 0 Å². The van der Waals surface area contributed by atoms with Gasteiger partial charge in [0.05, 0.1) is 19.3 Å². The number of rotatable bonds is 6. The van der Waals surface area contributed by atoms with E-state index >= 15 is 0 Å². The van der Waals surface area contributed by atoms with Gasteiger partial charge in [0.1, 0.15) is 67.1 Å². The maximum atomic E-state index is 10.2. The van der Waals surface area contributed by atoms with E-state index in [2.05, 4.69) is 0 Å². The Kier molecular flexibility index (Phi) is 8.99. The molecule has 0 aromatic carbocycles. The third kappa shape index (κ3) is 5.48. The van der Waals surface area contributed by atoms with Crippen molar-refractivity contribution >= 4 is 0 Å². The topological polar surface area (TPSA) is 248 Å². The third-order valence-electron chi connectivity index (χ3n) is 6.03. The molecule has 3 heterocycles. The summed E-state index contributed by atoms with van der Waals surface area (Å²) in [6.07, 6.45) is -23.5. The lowest BCUT2D eigenvalue weighted by atomic mass is 9.97. The Balaban J connectivity index is 1.65. The first-order chi connectivity index (χ1) is 15.5. The van der Waals surface area contributed by atoms with E-state index in [-0.39, 0.29) is 0 Å². The van der Waals surface area contributed by atoms with E-state index < -0.39 is 105 Å². The lowest BCUT2D eigenvalue weighted by molar-refractivity contribution is -0.360. The van der Waals surface area contributed by atoms with E-state index in [0.717, 1.165) is 0 Å². The molecule has 2 unspecified atom stereocenters. The van der Waals surface area contributed by atoms with Gasteiger partial charge < -0.3 is 74.7 Å². The van der Waals surface area contributed by atoms with Crippen LogP contribution in [0, 0.1) is 0 Å². The Morgan fingerprint density at radius 2 is 1.15 bits per heavy atom. The molecule has 0 bridgehead atoms. The zero-order valence-electron chi connectivity index (χ0n) is 17.6. The third-order valence-corrected chi connectivity index (χ3v) is 6.03. The van der Waals surface area contributed by atoms with Crippen molar-refractivity contribution in [3.63, 3.8) is 0 Å². The van der Waals surface area contributed by atoms with Crippen LogP contribution in [0.4, 0.5) is 0 Å². The average Bonchev–Trinajstić information content (AvgIpc) is 2.79. The summed E-state index contributed by atoms with van der Waals surface area (Å²) in [7, 11) is 0. The molecular formula is C18H32O15. The zero-order valence-corrected chi connectivity index (χ0v) is 17.6. The predicted octanol–water partition coefficient (Wildman–Crippen LogP) is -6.55. The SMILES string of the molecule is C[C@H]1OC(O)[C@H](O)[C@@H](O[C@@H]2O[C@H](COC3O[C@H](CO)[C@@H](O)[C@H](O)[C@H]3O)[C@@H](O)[C@H](O)[C@H]2O)[C@H]1O. The molecule has 33 heavy (non-hydrogen) atoms. The van der Waals surface area contributed by atoms with Crippen molar-refractivity contribution in [2.24, 2.45) is 0 Å². The van der Waals surface area contributed by atoms with Crippen molar-refractivity contribution in [1.82, 2.24) is 0 Å². The molecule has 15 heteroatoms. The number of hydrogen-bond donors (Lipinski definition) is 10. The molecule has 3 fully saturated rings. The molecule has 0 amide bonds. The first kappa shape index (κ1) is 27.0. The first-order valence-corrected chi connectivity index (χ1v) is 10.4. The van der Waals surface area contributed by atoms with Crippen molar-refractivity contribution < 1.29 is 74.7 Å². The van der Waals surface area contributed by atoms with E-state index in [1.54, 1.807) is 0 Å². The van der Waals surface area contributed by atoms with Crippen molar-refractivity contribution in [2.45, 2.75) is 99.0 Å². The predicted molar refractivity (Wildman–Crippen MR) is 99.8 cm³/mol. The van der Waals surface area contributed by atoms with E-state index in [9.17, 15) is 51.1 Å². The molecule has 0 spiro atoms. The Morgan fingerprint density at radius 1 is 0.606 bits per heavy atom. The Hall–Kier alpha value is -0.600. The van der Waals surface area contributed by atoms with E-state index in [1.807, 2.05) is 0 Å². The van der Waals surface area contributed by atoms with Gasteiger partial charge in [0, 0.05) is 0 Å². The highest BCUT2D eigenvalue weighted by molar-refractivity contribution is 4.94. The molecule has 10 N–H and O–H groups in total. The molecule has 0 aliphatic carbocycles. The van der Waals surface area contributed by atoms with E-state index in [1.165, 1.54) is 6.92 Å². The van der Waals surface area contributed by atoms with Gasteiger partial charge in [-0.3, -0.25) is 0 Å². The van der Waals surface area contributed by atoms with Gasteiger partial charge in [0.25, 0.3) is 0 Å². The van der Waals surface area contributed by atoms with Gasteiger partial charge >= 0.3 is 0 Å². The normalized spacial score (nSPS) is 53.7. The number of aliphatic hydroxyl groups is 10. The molecule has 3 rings (SSSR count). The molecule has 0 radical (unpaired) electrons. The molecule has 3 aliphatic heterocycles. The highest BCUT2D eigenvalue weighted by Crippen LogP contribution is 2.29. The van der Waals surface area contributed by atoms with Crippen LogP contribution >= 0.6 is 0 Å². The smallest absolute Gasteiger partial charge is 0.187 e. The first-order valence-electron chi connectivity index (χ1n) is 10.4. The molecule has 0 saturated carbocycles.